The van der Waals surface area contributed by atoms with E-state index < -0.39 is 11.4 Å². The fourth-order valence-electron chi connectivity index (χ4n) is 4.27. The number of carbonyl (C=O) groups excluding carboxylic acids is 2. The summed E-state index contributed by atoms with van der Waals surface area (Å²) in [6, 6.07) is 9.63. The minimum Gasteiger partial charge on any atom is -0.481 e. The molecule has 1 heterocycles. The molecule has 1 saturated heterocycles. The molecule has 0 spiro atoms. The SMILES string of the molecule is CC(=O)N1CCC(C(=O)N[C@@H]2CC[C@H](C(=O)O)C2)(c2ccccc2)CC1. The summed E-state index contributed by atoms with van der Waals surface area (Å²) in [7, 11) is 0. The zero-order chi connectivity index (χ0) is 18.7. The van der Waals surface area contributed by atoms with Crippen molar-refractivity contribution >= 4 is 17.8 Å². The molecule has 140 valence electrons. The van der Waals surface area contributed by atoms with Gasteiger partial charge in [0, 0.05) is 26.1 Å². The monoisotopic (exact) mass is 358 g/mol. The van der Waals surface area contributed by atoms with Crippen molar-refractivity contribution in [2.45, 2.75) is 50.5 Å². The van der Waals surface area contributed by atoms with E-state index in [0.717, 1.165) is 5.56 Å². The first-order valence-electron chi connectivity index (χ1n) is 9.27. The van der Waals surface area contributed by atoms with Crippen LogP contribution in [0.1, 0.15) is 44.6 Å². The normalized spacial score (nSPS) is 24.9. The number of nitrogens with one attached hydrogen (secondary N) is 1. The van der Waals surface area contributed by atoms with Gasteiger partial charge in [-0.1, -0.05) is 30.3 Å². The van der Waals surface area contributed by atoms with Crippen molar-refractivity contribution in [1.82, 2.24) is 10.2 Å². The summed E-state index contributed by atoms with van der Waals surface area (Å²) in [5.41, 5.74) is 0.308. The zero-order valence-corrected chi connectivity index (χ0v) is 15.1. The Balaban J connectivity index is 1.77. The maximum atomic E-state index is 13.3. The van der Waals surface area contributed by atoms with Crippen molar-refractivity contribution in [1.29, 1.82) is 0 Å². The molecule has 3 rings (SSSR count). The summed E-state index contributed by atoms with van der Waals surface area (Å²) in [6.07, 6.45) is 2.96. The van der Waals surface area contributed by atoms with Crippen LogP contribution in [0.2, 0.25) is 0 Å². The molecule has 26 heavy (non-hydrogen) atoms. The van der Waals surface area contributed by atoms with Gasteiger partial charge in [-0.25, -0.2) is 0 Å². The molecule has 6 nitrogen and oxygen atoms in total. The second kappa shape index (κ2) is 7.48. The molecule has 6 heteroatoms. The third kappa shape index (κ3) is 3.59. The Kier molecular flexibility index (Phi) is 5.30. The summed E-state index contributed by atoms with van der Waals surface area (Å²) in [4.78, 5) is 37.9. The van der Waals surface area contributed by atoms with E-state index in [-0.39, 0.29) is 23.8 Å². The topological polar surface area (TPSA) is 86.7 Å². The maximum absolute atomic E-state index is 13.3. The lowest BCUT2D eigenvalue weighted by Crippen LogP contribution is -2.54. The Labute approximate surface area is 153 Å². The molecular weight excluding hydrogens is 332 g/mol. The number of amides is 2. The van der Waals surface area contributed by atoms with Crippen LogP contribution in [0.3, 0.4) is 0 Å². The van der Waals surface area contributed by atoms with E-state index in [4.69, 9.17) is 0 Å². The van der Waals surface area contributed by atoms with Crippen LogP contribution in [0.15, 0.2) is 30.3 Å². The predicted molar refractivity (Wildman–Crippen MR) is 96.5 cm³/mol. The highest BCUT2D eigenvalue weighted by atomic mass is 16.4. The summed E-state index contributed by atoms with van der Waals surface area (Å²) >= 11 is 0. The number of likely N-dealkylation sites (tertiary alicyclic amines) is 1. The molecule has 1 aliphatic heterocycles. The zero-order valence-electron chi connectivity index (χ0n) is 15.1. The average Bonchev–Trinajstić information content (AvgIpc) is 3.11. The third-order valence-electron chi connectivity index (χ3n) is 5.94. The lowest BCUT2D eigenvalue weighted by atomic mass is 9.71. The molecule has 1 aromatic carbocycles. The van der Waals surface area contributed by atoms with Gasteiger partial charge in [-0.3, -0.25) is 14.4 Å². The van der Waals surface area contributed by atoms with Crippen LogP contribution in [0.4, 0.5) is 0 Å². The van der Waals surface area contributed by atoms with Gasteiger partial charge < -0.3 is 15.3 Å². The lowest BCUT2D eigenvalue weighted by Gasteiger charge is -2.41. The van der Waals surface area contributed by atoms with E-state index in [0.29, 0.717) is 45.2 Å². The number of benzene rings is 1. The Morgan fingerprint density at radius 2 is 1.77 bits per heavy atom. The number of aliphatic carboxylic acids is 1. The number of nitrogens with zero attached hydrogens (tertiary/aromatic N) is 1. The predicted octanol–water partition coefficient (Wildman–Crippen LogP) is 1.94. The highest BCUT2D eigenvalue weighted by Gasteiger charge is 2.44. The van der Waals surface area contributed by atoms with E-state index in [1.54, 1.807) is 11.8 Å². The second-order valence-electron chi connectivity index (χ2n) is 7.47. The van der Waals surface area contributed by atoms with E-state index in [2.05, 4.69) is 5.32 Å². The van der Waals surface area contributed by atoms with Crippen molar-refractivity contribution < 1.29 is 19.5 Å². The molecule has 2 amide bonds. The first-order chi connectivity index (χ1) is 12.4. The van der Waals surface area contributed by atoms with Gasteiger partial charge >= 0.3 is 5.97 Å². The van der Waals surface area contributed by atoms with Crippen LogP contribution < -0.4 is 5.32 Å². The molecular formula is C20H26N2O4. The maximum Gasteiger partial charge on any atom is 0.306 e. The summed E-state index contributed by atoms with van der Waals surface area (Å²) in [5.74, 6) is -1.16. The van der Waals surface area contributed by atoms with Crippen LogP contribution >= 0.6 is 0 Å². The smallest absolute Gasteiger partial charge is 0.306 e. The van der Waals surface area contributed by atoms with Crippen LogP contribution in [0.25, 0.3) is 0 Å². The van der Waals surface area contributed by atoms with Gasteiger partial charge in [-0.15, -0.1) is 0 Å². The van der Waals surface area contributed by atoms with Gasteiger partial charge in [-0.05, 0) is 37.7 Å². The molecule has 1 saturated carbocycles. The van der Waals surface area contributed by atoms with E-state index in [9.17, 15) is 19.5 Å². The van der Waals surface area contributed by atoms with Crippen LogP contribution in [-0.2, 0) is 19.8 Å². The van der Waals surface area contributed by atoms with Crippen molar-refractivity contribution in [3.05, 3.63) is 35.9 Å². The van der Waals surface area contributed by atoms with Crippen LogP contribution in [0, 0.1) is 5.92 Å². The highest BCUT2D eigenvalue weighted by Crippen LogP contribution is 2.37. The first-order valence-corrected chi connectivity index (χ1v) is 9.27. The van der Waals surface area contributed by atoms with Crippen molar-refractivity contribution in [3.63, 3.8) is 0 Å². The van der Waals surface area contributed by atoms with E-state index in [1.165, 1.54) is 0 Å². The fourth-order valence-corrected chi connectivity index (χ4v) is 4.27. The molecule has 2 fully saturated rings. The van der Waals surface area contributed by atoms with Crippen molar-refractivity contribution in [2.24, 2.45) is 5.92 Å². The molecule has 0 bridgehead atoms. The molecule has 2 atom stereocenters. The van der Waals surface area contributed by atoms with Crippen LogP contribution in [0.5, 0.6) is 0 Å². The van der Waals surface area contributed by atoms with Gasteiger partial charge in [0.25, 0.3) is 0 Å². The Hall–Kier alpha value is -2.37. The summed E-state index contributed by atoms with van der Waals surface area (Å²) < 4.78 is 0. The van der Waals surface area contributed by atoms with E-state index in [1.807, 2.05) is 30.3 Å². The summed E-state index contributed by atoms with van der Waals surface area (Å²) in [5, 5.41) is 12.3. The number of carbonyl (C=O) groups is 3. The lowest BCUT2D eigenvalue weighted by molar-refractivity contribution is -0.141. The summed E-state index contributed by atoms with van der Waals surface area (Å²) in [6.45, 7) is 2.67. The number of carboxylic acids is 1. The van der Waals surface area contributed by atoms with Gasteiger partial charge in [0.2, 0.25) is 11.8 Å². The van der Waals surface area contributed by atoms with Crippen molar-refractivity contribution in [2.75, 3.05) is 13.1 Å². The molecule has 0 radical (unpaired) electrons. The fraction of sp³-hybridized carbons (Fsp3) is 0.550. The van der Waals surface area contributed by atoms with Gasteiger partial charge in [-0.2, -0.15) is 0 Å². The minimum absolute atomic E-state index is 0.0344. The molecule has 0 unspecified atom stereocenters. The molecule has 2 N–H and O–H groups in total. The second-order valence-corrected chi connectivity index (χ2v) is 7.47. The number of piperidine rings is 1. The Bertz CT molecular complexity index is 680. The number of carboxylic acid groups (broad SMARTS) is 1. The van der Waals surface area contributed by atoms with Gasteiger partial charge in [0.15, 0.2) is 0 Å². The molecule has 1 aromatic rings. The standard InChI is InChI=1S/C20H26N2O4/c1-14(23)22-11-9-20(10-12-22,16-5-3-2-4-6-16)19(26)21-17-8-7-15(13-17)18(24)25/h2-6,15,17H,7-13H2,1H3,(H,21,26)(H,24,25)/t15-,17+/m0/s1. The number of hydrogen-bond donors (Lipinski definition) is 2. The van der Waals surface area contributed by atoms with Crippen molar-refractivity contribution in [3.8, 4) is 0 Å². The molecule has 2 aliphatic rings. The molecule has 0 aromatic heterocycles. The van der Waals surface area contributed by atoms with Gasteiger partial charge in [0.05, 0.1) is 11.3 Å². The third-order valence-corrected chi connectivity index (χ3v) is 5.94. The largest absolute Gasteiger partial charge is 0.481 e. The number of rotatable bonds is 4. The van der Waals surface area contributed by atoms with E-state index >= 15 is 0 Å². The van der Waals surface area contributed by atoms with Crippen LogP contribution in [-0.4, -0.2) is 46.9 Å². The van der Waals surface area contributed by atoms with Gasteiger partial charge in [0.1, 0.15) is 0 Å². The average molecular weight is 358 g/mol. The minimum atomic E-state index is -0.783. The highest BCUT2D eigenvalue weighted by molar-refractivity contribution is 5.89. The first kappa shape index (κ1) is 18.4. The number of hydrogen-bond acceptors (Lipinski definition) is 3. The Morgan fingerprint density at radius 3 is 2.31 bits per heavy atom. The quantitative estimate of drug-likeness (QED) is 0.861. The Morgan fingerprint density at radius 1 is 1.12 bits per heavy atom. The molecule has 1 aliphatic carbocycles.